The predicted octanol–water partition coefficient (Wildman–Crippen LogP) is -0.530. The minimum absolute atomic E-state index is 0.154. The maximum absolute atomic E-state index is 11.8. The molecule has 1 saturated heterocycles. The van der Waals surface area contributed by atoms with Crippen LogP contribution in [0.5, 0.6) is 6.01 Å². The molecule has 100 valence electrons. The Bertz CT molecular complexity index is 711. The van der Waals surface area contributed by atoms with Crippen LogP contribution in [-0.2, 0) is 4.74 Å². The quantitative estimate of drug-likeness (QED) is 0.730. The van der Waals surface area contributed by atoms with Crippen LogP contribution in [0.3, 0.4) is 0 Å². The SMILES string of the molecule is O=c1nc2n(c3ccsc13)[C@@H]1O[C@H](CO)[C@@H](O)[C@@H]1O2. The Morgan fingerprint density at radius 3 is 3.16 bits per heavy atom. The van der Waals surface area contributed by atoms with Gasteiger partial charge in [-0.1, -0.05) is 0 Å². The third-order valence-electron chi connectivity index (χ3n) is 3.49. The van der Waals surface area contributed by atoms with E-state index in [2.05, 4.69) is 4.98 Å². The third kappa shape index (κ3) is 1.36. The van der Waals surface area contributed by atoms with Gasteiger partial charge in [-0.05, 0) is 11.4 Å². The number of fused-ring (bicyclic) bond motifs is 5. The maximum atomic E-state index is 11.8. The monoisotopic (exact) mass is 282 g/mol. The van der Waals surface area contributed by atoms with Gasteiger partial charge in [0.15, 0.2) is 12.3 Å². The van der Waals surface area contributed by atoms with E-state index in [1.165, 1.54) is 11.3 Å². The molecule has 0 bridgehead atoms. The normalized spacial score (nSPS) is 32.3. The van der Waals surface area contributed by atoms with E-state index in [9.17, 15) is 9.90 Å². The van der Waals surface area contributed by atoms with E-state index in [1.807, 2.05) is 0 Å². The molecule has 19 heavy (non-hydrogen) atoms. The van der Waals surface area contributed by atoms with E-state index in [0.717, 1.165) is 0 Å². The van der Waals surface area contributed by atoms with Crippen molar-refractivity contribution in [3.63, 3.8) is 0 Å². The molecular formula is C11H10N2O5S. The van der Waals surface area contributed by atoms with Crippen molar-refractivity contribution in [2.24, 2.45) is 0 Å². The van der Waals surface area contributed by atoms with E-state index in [4.69, 9.17) is 14.6 Å². The minimum Gasteiger partial charge on any atom is -0.453 e. The van der Waals surface area contributed by atoms with Gasteiger partial charge in [-0.25, -0.2) is 0 Å². The summed E-state index contributed by atoms with van der Waals surface area (Å²) in [6.45, 7) is -0.284. The van der Waals surface area contributed by atoms with Crippen LogP contribution in [0.4, 0.5) is 0 Å². The van der Waals surface area contributed by atoms with Crippen LogP contribution in [0.1, 0.15) is 6.23 Å². The second-order valence-electron chi connectivity index (χ2n) is 4.53. The molecule has 0 aliphatic carbocycles. The molecule has 7 nitrogen and oxygen atoms in total. The number of rotatable bonds is 1. The lowest BCUT2D eigenvalue weighted by Crippen LogP contribution is -2.34. The second kappa shape index (κ2) is 3.76. The minimum atomic E-state index is -0.944. The molecule has 4 rings (SSSR count). The summed E-state index contributed by atoms with van der Waals surface area (Å²) in [6.07, 6.45) is -2.83. The average Bonchev–Trinajstić information content (AvgIpc) is 3.04. The number of aliphatic hydroxyl groups excluding tert-OH is 2. The van der Waals surface area contributed by atoms with Crippen molar-refractivity contribution in [3.8, 4) is 6.01 Å². The van der Waals surface area contributed by atoms with Crippen molar-refractivity contribution in [1.82, 2.24) is 9.55 Å². The molecule has 2 aromatic heterocycles. The number of nitrogens with zero attached hydrogens (tertiary/aromatic N) is 2. The number of hydrogen-bond acceptors (Lipinski definition) is 7. The molecule has 0 amide bonds. The number of hydrogen-bond donors (Lipinski definition) is 2. The number of aliphatic hydroxyl groups is 2. The smallest absolute Gasteiger partial charge is 0.303 e. The van der Waals surface area contributed by atoms with Gasteiger partial charge in [0, 0.05) is 0 Å². The first-order valence-electron chi connectivity index (χ1n) is 5.81. The molecule has 1 fully saturated rings. The molecule has 0 aromatic carbocycles. The summed E-state index contributed by atoms with van der Waals surface area (Å²) in [4.78, 5) is 15.6. The van der Waals surface area contributed by atoms with Gasteiger partial charge in [0.2, 0.25) is 0 Å². The van der Waals surface area contributed by atoms with Crippen LogP contribution in [0.25, 0.3) is 10.2 Å². The third-order valence-corrected chi connectivity index (χ3v) is 4.38. The Kier molecular flexibility index (Phi) is 2.25. The van der Waals surface area contributed by atoms with Gasteiger partial charge in [0.05, 0.1) is 12.1 Å². The van der Waals surface area contributed by atoms with E-state index < -0.39 is 24.5 Å². The molecule has 0 spiro atoms. The molecule has 2 aliphatic rings. The summed E-state index contributed by atoms with van der Waals surface area (Å²) in [5, 5.41) is 20.9. The lowest BCUT2D eigenvalue weighted by Gasteiger charge is -2.14. The van der Waals surface area contributed by atoms with E-state index in [-0.39, 0.29) is 18.2 Å². The molecular weight excluding hydrogens is 272 g/mol. The van der Waals surface area contributed by atoms with Crippen molar-refractivity contribution in [2.45, 2.75) is 24.5 Å². The summed E-state index contributed by atoms with van der Waals surface area (Å²) in [6, 6.07) is 1.95. The molecule has 2 N–H and O–H groups in total. The van der Waals surface area contributed by atoms with Crippen LogP contribution < -0.4 is 10.3 Å². The van der Waals surface area contributed by atoms with Crippen molar-refractivity contribution in [2.75, 3.05) is 6.61 Å². The Morgan fingerprint density at radius 2 is 2.37 bits per heavy atom. The number of ether oxygens (including phenoxy) is 2. The van der Waals surface area contributed by atoms with Gasteiger partial charge in [-0.3, -0.25) is 9.36 Å². The van der Waals surface area contributed by atoms with Crippen molar-refractivity contribution in [3.05, 3.63) is 21.8 Å². The van der Waals surface area contributed by atoms with Crippen LogP contribution >= 0.6 is 11.3 Å². The maximum Gasteiger partial charge on any atom is 0.303 e. The summed E-state index contributed by atoms with van der Waals surface area (Å²) in [5.74, 6) is 0. The summed E-state index contributed by atoms with van der Waals surface area (Å²) in [5.41, 5.74) is 0.336. The standard InChI is InChI=1S/C11H10N2O5S/c14-3-5-6(15)7-10(17-5)13-4-1-2-19-8(4)9(16)12-11(13)18-7/h1-2,5-7,10,14-15H,3H2/t5-,6-,7+,10-/m1/s1. The number of thiophene rings is 1. The topological polar surface area (TPSA) is 93.8 Å². The van der Waals surface area contributed by atoms with Gasteiger partial charge in [0.1, 0.15) is 16.9 Å². The Morgan fingerprint density at radius 1 is 1.53 bits per heavy atom. The zero-order valence-electron chi connectivity index (χ0n) is 9.59. The molecule has 0 saturated carbocycles. The molecule has 4 heterocycles. The summed E-state index contributed by atoms with van der Waals surface area (Å²) >= 11 is 1.30. The van der Waals surface area contributed by atoms with Gasteiger partial charge in [-0.15, -0.1) is 11.3 Å². The predicted molar refractivity (Wildman–Crippen MR) is 65.3 cm³/mol. The van der Waals surface area contributed by atoms with Gasteiger partial charge in [0.25, 0.3) is 5.56 Å². The summed E-state index contributed by atoms with van der Waals surface area (Å²) in [7, 11) is 0. The largest absolute Gasteiger partial charge is 0.453 e. The highest BCUT2D eigenvalue weighted by Gasteiger charge is 2.51. The molecule has 8 heteroatoms. The molecule has 4 atom stereocenters. The molecule has 2 aliphatic heterocycles. The Balaban J connectivity index is 1.92. The fourth-order valence-electron chi connectivity index (χ4n) is 2.60. The van der Waals surface area contributed by atoms with Gasteiger partial charge >= 0.3 is 6.01 Å². The highest BCUT2D eigenvalue weighted by atomic mass is 32.1. The second-order valence-corrected chi connectivity index (χ2v) is 5.44. The first kappa shape index (κ1) is 11.4. The average molecular weight is 282 g/mol. The van der Waals surface area contributed by atoms with Gasteiger partial charge in [-0.2, -0.15) is 4.98 Å². The van der Waals surface area contributed by atoms with Crippen molar-refractivity contribution in [1.29, 1.82) is 0 Å². The highest BCUT2D eigenvalue weighted by Crippen LogP contribution is 2.41. The Labute approximate surface area is 110 Å². The fraction of sp³-hybridized carbons (Fsp3) is 0.455. The van der Waals surface area contributed by atoms with Crippen molar-refractivity contribution >= 4 is 21.6 Å². The van der Waals surface area contributed by atoms with Gasteiger partial charge < -0.3 is 19.7 Å². The summed E-state index contributed by atoms with van der Waals surface area (Å²) < 4.78 is 13.3. The first-order valence-corrected chi connectivity index (χ1v) is 6.69. The van der Waals surface area contributed by atoms with E-state index >= 15 is 0 Å². The molecule has 0 radical (unpaired) electrons. The van der Waals surface area contributed by atoms with Crippen molar-refractivity contribution < 1.29 is 19.7 Å². The lowest BCUT2D eigenvalue weighted by atomic mass is 10.1. The lowest BCUT2D eigenvalue weighted by molar-refractivity contribution is -0.0420. The van der Waals surface area contributed by atoms with E-state index in [0.29, 0.717) is 10.2 Å². The highest BCUT2D eigenvalue weighted by molar-refractivity contribution is 7.17. The Hall–Kier alpha value is -1.48. The van der Waals surface area contributed by atoms with E-state index in [1.54, 1.807) is 16.0 Å². The molecule has 0 unspecified atom stereocenters. The van der Waals surface area contributed by atoms with Crippen LogP contribution in [0.15, 0.2) is 16.2 Å². The fourth-order valence-corrected chi connectivity index (χ4v) is 3.37. The zero-order chi connectivity index (χ0) is 13.1. The number of aromatic nitrogens is 2. The first-order chi connectivity index (χ1) is 9.20. The van der Waals surface area contributed by atoms with Crippen LogP contribution in [0, 0.1) is 0 Å². The molecule has 2 aromatic rings. The van der Waals surface area contributed by atoms with Crippen LogP contribution in [0.2, 0.25) is 0 Å². The van der Waals surface area contributed by atoms with Crippen LogP contribution in [-0.4, -0.2) is 44.7 Å². The zero-order valence-corrected chi connectivity index (χ0v) is 10.4.